The van der Waals surface area contributed by atoms with Gasteiger partial charge in [0.05, 0.1) is 12.2 Å². The first-order chi connectivity index (χ1) is 9.29. The van der Waals surface area contributed by atoms with Gasteiger partial charge in [-0.2, -0.15) is 4.98 Å². The van der Waals surface area contributed by atoms with Crippen molar-refractivity contribution in [3.05, 3.63) is 46.9 Å². The lowest BCUT2D eigenvalue weighted by atomic mass is 10.3. The Balaban J connectivity index is 2.05. The van der Waals surface area contributed by atoms with E-state index in [1.165, 1.54) is 10.9 Å². The summed E-state index contributed by atoms with van der Waals surface area (Å²) in [5.74, 6) is 0.385. The molecule has 0 atom stereocenters. The predicted molar refractivity (Wildman–Crippen MR) is 73.0 cm³/mol. The lowest BCUT2D eigenvalue weighted by Crippen LogP contribution is -2.25. The Bertz CT molecular complexity index is 567. The fourth-order valence-corrected chi connectivity index (χ4v) is 1.59. The second-order valence-electron chi connectivity index (χ2n) is 4.19. The van der Waals surface area contributed by atoms with Crippen LogP contribution in [0.4, 0.5) is 5.95 Å². The van der Waals surface area contributed by atoms with Crippen molar-refractivity contribution >= 4 is 5.95 Å². The molecule has 2 heterocycles. The summed E-state index contributed by atoms with van der Waals surface area (Å²) in [6.45, 7) is 3.27. The van der Waals surface area contributed by atoms with Gasteiger partial charge in [-0.05, 0) is 18.6 Å². The van der Waals surface area contributed by atoms with Gasteiger partial charge in [0.15, 0.2) is 0 Å². The zero-order valence-electron chi connectivity index (χ0n) is 10.9. The van der Waals surface area contributed by atoms with Crippen molar-refractivity contribution in [2.45, 2.75) is 26.3 Å². The molecule has 2 aromatic rings. The number of anilines is 1. The lowest BCUT2D eigenvalue weighted by molar-refractivity contribution is 0.686. The van der Waals surface area contributed by atoms with Crippen LogP contribution < -0.4 is 11.0 Å². The van der Waals surface area contributed by atoms with Gasteiger partial charge >= 0.3 is 5.69 Å². The van der Waals surface area contributed by atoms with Crippen molar-refractivity contribution in [1.29, 1.82) is 0 Å². The molecular formula is C13H17N5O. The summed E-state index contributed by atoms with van der Waals surface area (Å²) in [6, 6.07) is 5.58. The number of rotatable bonds is 6. The molecule has 6 nitrogen and oxygen atoms in total. The van der Waals surface area contributed by atoms with E-state index in [0.717, 1.165) is 25.1 Å². The highest BCUT2D eigenvalue weighted by atomic mass is 16.1. The molecule has 0 fully saturated rings. The largest absolute Gasteiger partial charge is 0.354 e. The third-order valence-electron chi connectivity index (χ3n) is 2.64. The summed E-state index contributed by atoms with van der Waals surface area (Å²) in [6.07, 6.45) is 5.31. The molecule has 1 N–H and O–H groups in total. The summed E-state index contributed by atoms with van der Waals surface area (Å²) in [7, 11) is 0. The third kappa shape index (κ3) is 3.87. The van der Waals surface area contributed by atoms with Crippen LogP contribution in [0.1, 0.15) is 25.5 Å². The second-order valence-corrected chi connectivity index (χ2v) is 4.19. The van der Waals surface area contributed by atoms with E-state index in [2.05, 4.69) is 27.2 Å². The minimum atomic E-state index is -0.320. The summed E-state index contributed by atoms with van der Waals surface area (Å²) in [4.78, 5) is 24.0. The summed E-state index contributed by atoms with van der Waals surface area (Å²) in [5.41, 5.74) is 0.486. The highest BCUT2D eigenvalue weighted by Gasteiger charge is 2.02. The first kappa shape index (κ1) is 13.2. The van der Waals surface area contributed by atoms with Crippen LogP contribution in [-0.4, -0.2) is 26.1 Å². The average Bonchev–Trinajstić information content (AvgIpc) is 2.43. The molecule has 0 aliphatic rings. The fraction of sp³-hybridized carbons (Fsp3) is 0.385. The van der Waals surface area contributed by atoms with Gasteiger partial charge < -0.3 is 5.32 Å². The monoisotopic (exact) mass is 259 g/mol. The average molecular weight is 259 g/mol. The second kappa shape index (κ2) is 6.63. The Morgan fingerprint density at radius 1 is 1.32 bits per heavy atom. The number of pyridine rings is 1. The molecule has 100 valence electrons. The molecule has 19 heavy (non-hydrogen) atoms. The molecule has 0 spiro atoms. The van der Waals surface area contributed by atoms with Gasteiger partial charge in [0.2, 0.25) is 5.95 Å². The molecule has 0 bridgehead atoms. The number of hydrogen-bond donors (Lipinski definition) is 1. The Morgan fingerprint density at radius 2 is 2.21 bits per heavy atom. The van der Waals surface area contributed by atoms with E-state index >= 15 is 0 Å². The quantitative estimate of drug-likeness (QED) is 0.791. The maximum atomic E-state index is 11.8. The zero-order valence-corrected chi connectivity index (χ0v) is 10.9. The van der Waals surface area contributed by atoms with Crippen molar-refractivity contribution in [1.82, 2.24) is 19.5 Å². The van der Waals surface area contributed by atoms with E-state index in [1.54, 1.807) is 6.20 Å². The molecule has 2 rings (SSSR count). The van der Waals surface area contributed by atoms with Gasteiger partial charge in [-0.15, -0.1) is 0 Å². The highest BCUT2D eigenvalue weighted by Crippen LogP contribution is 1.97. The van der Waals surface area contributed by atoms with Gasteiger partial charge in [0, 0.05) is 12.7 Å². The molecule has 0 unspecified atom stereocenters. The van der Waals surface area contributed by atoms with Crippen molar-refractivity contribution in [3.8, 4) is 0 Å². The number of nitrogens with zero attached hydrogens (tertiary/aromatic N) is 4. The molecule has 0 aliphatic heterocycles. The molecule has 0 radical (unpaired) electrons. The predicted octanol–water partition coefficient (Wildman–Crippen LogP) is 1.29. The van der Waals surface area contributed by atoms with Crippen LogP contribution in [0.2, 0.25) is 0 Å². The Labute approximate surface area is 111 Å². The van der Waals surface area contributed by atoms with Crippen molar-refractivity contribution < 1.29 is 0 Å². The minimum Gasteiger partial charge on any atom is -0.354 e. The molecule has 2 aromatic heterocycles. The Morgan fingerprint density at radius 3 is 2.89 bits per heavy atom. The standard InChI is InChI=1S/C13H17N5O/c1-2-3-7-15-12-16-10-18(13(19)17-12)9-11-6-4-5-8-14-11/h4-6,8,10H,2-3,7,9H2,1H3,(H,15,17,19). The first-order valence-corrected chi connectivity index (χ1v) is 6.37. The van der Waals surface area contributed by atoms with E-state index in [0.29, 0.717) is 12.5 Å². The smallest absolute Gasteiger partial charge is 0.352 e. The summed E-state index contributed by atoms with van der Waals surface area (Å²) >= 11 is 0. The van der Waals surface area contributed by atoms with Gasteiger partial charge in [-0.3, -0.25) is 9.55 Å². The molecule has 0 amide bonds. The van der Waals surface area contributed by atoms with Gasteiger partial charge in [-0.25, -0.2) is 9.78 Å². The maximum Gasteiger partial charge on any atom is 0.352 e. The van der Waals surface area contributed by atoms with Gasteiger partial charge in [0.25, 0.3) is 0 Å². The van der Waals surface area contributed by atoms with Crippen molar-refractivity contribution in [2.75, 3.05) is 11.9 Å². The number of nitrogens with one attached hydrogen (secondary N) is 1. The Hall–Kier alpha value is -2.24. The van der Waals surface area contributed by atoms with Crippen LogP contribution in [0.15, 0.2) is 35.5 Å². The number of hydrogen-bond acceptors (Lipinski definition) is 5. The molecule has 6 heteroatoms. The van der Waals surface area contributed by atoms with E-state index in [-0.39, 0.29) is 5.69 Å². The molecule has 0 aliphatic carbocycles. The lowest BCUT2D eigenvalue weighted by Gasteiger charge is -2.06. The minimum absolute atomic E-state index is 0.320. The van der Waals surface area contributed by atoms with Crippen LogP contribution in [0, 0.1) is 0 Å². The number of aromatic nitrogens is 4. The van der Waals surface area contributed by atoms with E-state index in [9.17, 15) is 4.79 Å². The highest BCUT2D eigenvalue weighted by molar-refractivity contribution is 5.20. The summed E-state index contributed by atoms with van der Waals surface area (Å²) < 4.78 is 1.44. The fourth-order valence-electron chi connectivity index (χ4n) is 1.59. The van der Waals surface area contributed by atoms with Crippen LogP contribution in [0.3, 0.4) is 0 Å². The Kier molecular flexibility index (Phi) is 4.60. The molecule has 0 saturated heterocycles. The van der Waals surface area contributed by atoms with Crippen LogP contribution >= 0.6 is 0 Å². The van der Waals surface area contributed by atoms with Crippen LogP contribution in [0.25, 0.3) is 0 Å². The van der Waals surface area contributed by atoms with Crippen LogP contribution in [0.5, 0.6) is 0 Å². The SMILES string of the molecule is CCCCNc1ncn(Cc2ccccn2)c(=O)n1. The normalized spacial score (nSPS) is 10.4. The van der Waals surface area contributed by atoms with Gasteiger partial charge in [0.1, 0.15) is 6.33 Å². The van der Waals surface area contributed by atoms with E-state index in [1.807, 2.05) is 18.2 Å². The van der Waals surface area contributed by atoms with Crippen LogP contribution in [-0.2, 0) is 6.54 Å². The van der Waals surface area contributed by atoms with Crippen molar-refractivity contribution in [3.63, 3.8) is 0 Å². The molecule has 0 saturated carbocycles. The third-order valence-corrected chi connectivity index (χ3v) is 2.64. The van der Waals surface area contributed by atoms with Gasteiger partial charge in [-0.1, -0.05) is 19.4 Å². The number of unbranched alkanes of at least 4 members (excludes halogenated alkanes) is 1. The maximum absolute atomic E-state index is 11.8. The van der Waals surface area contributed by atoms with E-state index < -0.39 is 0 Å². The van der Waals surface area contributed by atoms with E-state index in [4.69, 9.17) is 0 Å². The summed E-state index contributed by atoms with van der Waals surface area (Å²) in [5, 5.41) is 3.03. The van der Waals surface area contributed by atoms with Crippen molar-refractivity contribution in [2.24, 2.45) is 0 Å². The topological polar surface area (TPSA) is 72.7 Å². The zero-order chi connectivity index (χ0) is 13.5. The molecular weight excluding hydrogens is 242 g/mol. The molecule has 0 aromatic carbocycles. The first-order valence-electron chi connectivity index (χ1n) is 6.37.